The van der Waals surface area contributed by atoms with Crippen molar-refractivity contribution in [1.82, 2.24) is 0 Å². The Morgan fingerprint density at radius 1 is 0.769 bits per heavy atom. The van der Waals surface area contributed by atoms with Crippen molar-refractivity contribution in [2.75, 3.05) is 0 Å². The van der Waals surface area contributed by atoms with Gasteiger partial charge in [0.2, 0.25) is 0 Å². The van der Waals surface area contributed by atoms with Crippen molar-refractivity contribution in [2.45, 2.75) is 60.3 Å². The van der Waals surface area contributed by atoms with E-state index in [4.69, 9.17) is 0 Å². The second-order valence-electron chi connectivity index (χ2n) is 14.6. The molecule has 0 N–H and O–H groups in total. The maximum Gasteiger partial charge on any atom is -0.0103 e. The van der Waals surface area contributed by atoms with Gasteiger partial charge in [-0.05, 0) is 123 Å². The zero-order chi connectivity index (χ0) is 17.2. The summed E-state index contributed by atoms with van der Waals surface area (Å²) < 4.78 is 0. The van der Waals surface area contributed by atoms with Crippen LogP contribution in [0.25, 0.3) is 0 Å². The Kier molecular flexibility index (Phi) is 1.38. The highest BCUT2D eigenvalue weighted by Crippen LogP contribution is 3.14. The topological polar surface area (TPSA) is 0 Å². The molecule has 2 spiro atoms. The van der Waals surface area contributed by atoms with Crippen LogP contribution in [0, 0.1) is 97.6 Å². The Labute approximate surface area is 158 Å². The predicted octanol–water partition coefficient (Wildman–Crippen LogP) is 5.48. The fourth-order valence-electron chi connectivity index (χ4n) is 17.4. The molecule has 17 atom stereocenters. The van der Waals surface area contributed by atoms with Gasteiger partial charge in [0.1, 0.15) is 0 Å². The van der Waals surface area contributed by atoms with Crippen LogP contribution in [0.3, 0.4) is 0 Å². The first-order valence-corrected chi connectivity index (χ1v) is 12.3. The summed E-state index contributed by atoms with van der Waals surface area (Å²) in [6.07, 6.45) is 6.67. The smallest absolute Gasteiger partial charge is 0.0103 e. The molecule has 11 aliphatic rings. The van der Waals surface area contributed by atoms with Crippen LogP contribution >= 0.6 is 0 Å². The Hall–Kier alpha value is 0. The van der Waals surface area contributed by atoms with E-state index >= 15 is 0 Å². The number of rotatable bonds is 0. The highest BCUT2D eigenvalue weighted by molar-refractivity contribution is 5.56. The molecule has 0 saturated heterocycles. The first-order valence-electron chi connectivity index (χ1n) is 12.3. The summed E-state index contributed by atoms with van der Waals surface area (Å²) in [6, 6.07) is 0. The summed E-state index contributed by atoms with van der Waals surface area (Å²) in [4.78, 5) is 0. The van der Waals surface area contributed by atoms with Crippen LogP contribution in [-0.4, -0.2) is 0 Å². The molecule has 0 aliphatic heterocycles. The van der Waals surface area contributed by atoms with Gasteiger partial charge in [-0.25, -0.2) is 0 Å². The Balaban J connectivity index is 1.44. The molecule has 0 aromatic rings. The molecule has 0 heterocycles. The standard InChI is InChI=1S/C26H34/c1-10-15-12-8-22(3)13-6-11-7-21(2)17(11)16-18(12)26-14(13)9-25(26,20(15)19(16)21)23(10,4)24(22,26)5/h10-20H,6-9H2,1-5H3. The SMILES string of the molecule is CC1C2C3CC4(C)C5CC6CC7(C)C6C6C7C2C27CC5C2(C36)C4(C)C17C. The van der Waals surface area contributed by atoms with E-state index in [-0.39, 0.29) is 0 Å². The number of fused-ring (bicyclic) bond motifs is 1. The van der Waals surface area contributed by atoms with E-state index in [9.17, 15) is 0 Å². The van der Waals surface area contributed by atoms with Crippen LogP contribution in [0.1, 0.15) is 60.3 Å². The van der Waals surface area contributed by atoms with Crippen LogP contribution in [0.15, 0.2) is 0 Å². The molecule has 0 nitrogen and oxygen atoms in total. The molecule has 0 aromatic heterocycles. The summed E-state index contributed by atoms with van der Waals surface area (Å²) in [6.45, 7) is 14.2. The van der Waals surface area contributed by atoms with Gasteiger partial charge in [0.15, 0.2) is 0 Å². The van der Waals surface area contributed by atoms with Gasteiger partial charge in [-0.1, -0.05) is 34.6 Å². The van der Waals surface area contributed by atoms with Gasteiger partial charge in [-0.2, -0.15) is 0 Å². The summed E-state index contributed by atoms with van der Waals surface area (Å²) in [7, 11) is 0. The molecule has 0 aromatic carbocycles. The minimum absolute atomic E-state index is 0.694. The number of hydrogen-bond acceptors (Lipinski definition) is 0. The van der Waals surface area contributed by atoms with Crippen LogP contribution < -0.4 is 0 Å². The monoisotopic (exact) mass is 346 g/mol. The molecule has 26 heavy (non-hydrogen) atoms. The normalized spacial score (nSPS) is 94.3. The van der Waals surface area contributed by atoms with E-state index in [1.807, 2.05) is 0 Å². The molecule has 9 bridgehead atoms. The average Bonchev–Trinajstić information content (AvgIpc) is 2.70. The molecule has 11 saturated carbocycles. The molecule has 17 unspecified atom stereocenters. The lowest BCUT2D eigenvalue weighted by atomic mass is 9.05. The van der Waals surface area contributed by atoms with Crippen molar-refractivity contribution in [1.29, 1.82) is 0 Å². The molecule has 11 fully saturated rings. The summed E-state index contributed by atoms with van der Waals surface area (Å²) in [5, 5.41) is 0. The highest BCUT2D eigenvalue weighted by Gasteiger charge is 3.10. The lowest BCUT2D eigenvalue weighted by Crippen LogP contribution is -2.95. The molecule has 0 amide bonds. The van der Waals surface area contributed by atoms with Gasteiger partial charge in [0.05, 0.1) is 0 Å². The van der Waals surface area contributed by atoms with Gasteiger partial charge >= 0.3 is 0 Å². The Morgan fingerprint density at radius 2 is 1.58 bits per heavy atom. The zero-order valence-corrected chi connectivity index (χ0v) is 17.2. The molecule has 0 heteroatoms. The summed E-state index contributed by atoms with van der Waals surface area (Å²) in [5.41, 5.74) is 4.58. The third kappa shape index (κ3) is 0.596. The quantitative estimate of drug-likeness (QED) is 0.545. The van der Waals surface area contributed by atoms with Crippen molar-refractivity contribution in [2.24, 2.45) is 97.6 Å². The van der Waals surface area contributed by atoms with E-state index in [0.29, 0.717) is 16.2 Å². The van der Waals surface area contributed by atoms with Gasteiger partial charge in [0, 0.05) is 0 Å². The van der Waals surface area contributed by atoms with Crippen molar-refractivity contribution >= 4 is 0 Å². The lowest BCUT2D eigenvalue weighted by Gasteiger charge is -2.99. The van der Waals surface area contributed by atoms with Gasteiger partial charge in [0.25, 0.3) is 0 Å². The summed E-state index contributed by atoms with van der Waals surface area (Å²) >= 11 is 0. The van der Waals surface area contributed by atoms with Crippen LogP contribution in [0.5, 0.6) is 0 Å². The Bertz CT molecular complexity index is 904. The van der Waals surface area contributed by atoms with E-state index in [1.165, 1.54) is 35.5 Å². The van der Waals surface area contributed by atoms with Crippen molar-refractivity contribution in [3.8, 4) is 0 Å². The first kappa shape index (κ1) is 13.3. The van der Waals surface area contributed by atoms with Crippen LogP contribution in [0.4, 0.5) is 0 Å². The average molecular weight is 347 g/mol. The fraction of sp³-hybridized carbons (Fsp3) is 1.00. The van der Waals surface area contributed by atoms with Gasteiger partial charge in [-0.15, -0.1) is 0 Å². The predicted molar refractivity (Wildman–Crippen MR) is 99.8 cm³/mol. The van der Waals surface area contributed by atoms with E-state index in [1.54, 1.807) is 25.7 Å². The third-order valence-electron chi connectivity index (χ3n) is 16.6. The molecule has 0 radical (unpaired) electrons. The molecule has 138 valence electrons. The molecule has 11 rings (SSSR count). The molecular weight excluding hydrogens is 312 g/mol. The van der Waals surface area contributed by atoms with E-state index < -0.39 is 0 Å². The summed E-state index contributed by atoms with van der Waals surface area (Å²) in [5.74, 6) is 12.7. The van der Waals surface area contributed by atoms with Crippen LogP contribution in [0.2, 0.25) is 0 Å². The van der Waals surface area contributed by atoms with Crippen molar-refractivity contribution < 1.29 is 0 Å². The van der Waals surface area contributed by atoms with E-state index in [2.05, 4.69) is 34.6 Å². The highest BCUT2D eigenvalue weighted by atomic mass is 15.1. The first-order chi connectivity index (χ1) is 12.3. The second-order valence-corrected chi connectivity index (χ2v) is 14.6. The number of hydrogen-bond donors (Lipinski definition) is 0. The minimum Gasteiger partial charge on any atom is -0.0617 e. The van der Waals surface area contributed by atoms with Gasteiger partial charge < -0.3 is 0 Å². The van der Waals surface area contributed by atoms with Gasteiger partial charge in [-0.3, -0.25) is 0 Å². The molecular formula is C26H34. The fourth-order valence-corrected chi connectivity index (χ4v) is 17.4. The maximum atomic E-state index is 2.91. The van der Waals surface area contributed by atoms with Crippen molar-refractivity contribution in [3.63, 3.8) is 0 Å². The van der Waals surface area contributed by atoms with Crippen LogP contribution in [-0.2, 0) is 0 Å². The largest absolute Gasteiger partial charge is 0.0617 e. The molecule has 11 aliphatic carbocycles. The van der Waals surface area contributed by atoms with Crippen molar-refractivity contribution in [3.05, 3.63) is 0 Å². The maximum absolute atomic E-state index is 2.91. The third-order valence-corrected chi connectivity index (χ3v) is 16.6. The second kappa shape index (κ2) is 2.70. The minimum atomic E-state index is 0.694. The lowest BCUT2D eigenvalue weighted by molar-refractivity contribution is -0.524. The van der Waals surface area contributed by atoms with E-state index in [0.717, 1.165) is 45.8 Å². The Morgan fingerprint density at radius 3 is 2.38 bits per heavy atom. The zero-order valence-electron chi connectivity index (χ0n) is 17.2.